The Kier molecular flexibility index (Phi) is 5.94. The lowest BCUT2D eigenvalue weighted by Crippen LogP contribution is -2.34. The van der Waals surface area contributed by atoms with E-state index in [4.69, 9.17) is 0 Å². The lowest BCUT2D eigenvalue weighted by Gasteiger charge is -2.10. The first-order valence-electron chi connectivity index (χ1n) is 7.89. The number of benzene rings is 1. The predicted molar refractivity (Wildman–Crippen MR) is 96.3 cm³/mol. The van der Waals surface area contributed by atoms with Crippen LogP contribution in [0.5, 0.6) is 0 Å². The molecule has 0 saturated carbocycles. The maximum atomic E-state index is 12.1. The highest BCUT2D eigenvalue weighted by Gasteiger charge is 2.05. The number of carbonyl (C=O) groups excluding carboxylic acids is 1. The van der Waals surface area contributed by atoms with Crippen molar-refractivity contribution in [1.29, 1.82) is 0 Å². The van der Waals surface area contributed by atoms with Gasteiger partial charge < -0.3 is 10.1 Å². The lowest BCUT2D eigenvalue weighted by atomic mass is 10.1. The number of allylic oxidation sites excluding steroid dienone is 1. The fourth-order valence-corrected chi connectivity index (χ4v) is 2.37. The summed E-state index contributed by atoms with van der Waals surface area (Å²) in [5.74, 6) is -0.233. The number of aromatic nitrogens is 2. The number of aromatic amines is 1. The number of ether oxygens (including phenoxy) is 1. The molecule has 0 atom stereocenters. The van der Waals surface area contributed by atoms with Crippen LogP contribution in [0.3, 0.4) is 0 Å². The van der Waals surface area contributed by atoms with Crippen LogP contribution in [-0.2, 0) is 22.5 Å². The van der Waals surface area contributed by atoms with E-state index in [0.29, 0.717) is 5.82 Å². The second-order valence-corrected chi connectivity index (χ2v) is 5.48. The van der Waals surface area contributed by atoms with Crippen molar-refractivity contribution in [3.05, 3.63) is 68.4 Å². The number of esters is 1. The minimum atomic E-state index is -0.563. The van der Waals surface area contributed by atoms with Crippen LogP contribution in [0.2, 0.25) is 0 Å². The van der Waals surface area contributed by atoms with Crippen molar-refractivity contribution in [3.8, 4) is 0 Å². The molecule has 2 aromatic rings. The van der Waals surface area contributed by atoms with Gasteiger partial charge in [0.25, 0.3) is 5.56 Å². The van der Waals surface area contributed by atoms with E-state index in [1.807, 2.05) is 25.1 Å². The van der Waals surface area contributed by atoms with Gasteiger partial charge in [-0.3, -0.25) is 14.3 Å². The van der Waals surface area contributed by atoms with E-state index in [1.54, 1.807) is 0 Å². The minimum Gasteiger partial charge on any atom is -0.466 e. The molecule has 1 aromatic carbocycles. The van der Waals surface area contributed by atoms with Crippen molar-refractivity contribution in [2.75, 3.05) is 12.4 Å². The highest BCUT2D eigenvalue weighted by Crippen LogP contribution is 2.18. The van der Waals surface area contributed by atoms with Gasteiger partial charge in [-0.15, -0.1) is 0 Å². The van der Waals surface area contributed by atoms with Crippen LogP contribution in [0, 0.1) is 6.92 Å². The van der Waals surface area contributed by atoms with E-state index in [9.17, 15) is 14.4 Å². The molecular formula is C18H21N3O4. The largest absolute Gasteiger partial charge is 0.466 e. The van der Waals surface area contributed by atoms with Gasteiger partial charge in [0.05, 0.1) is 7.11 Å². The van der Waals surface area contributed by atoms with Gasteiger partial charge >= 0.3 is 11.7 Å². The normalized spacial score (nSPS) is 10.8. The zero-order valence-corrected chi connectivity index (χ0v) is 14.5. The molecule has 0 saturated heterocycles. The molecule has 0 radical (unpaired) electrons. The third kappa shape index (κ3) is 4.69. The van der Waals surface area contributed by atoms with Gasteiger partial charge in [-0.05, 0) is 36.6 Å². The number of aryl methyl sites for hydroxylation is 2. The number of methoxy groups -OCH3 is 1. The van der Waals surface area contributed by atoms with Crippen LogP contribution < -0.4 is 16.6 Å². The van der Waals surface area contributed by atoms with Crippen LogP contribution in [0.1, 0.15) is 18.1 Å². The van der Waals surface area contributed by atoms with Gasteiger partial charge in [0.1, 0.15) is 5.82 Å². The zero-order valence-electron chi connectivity index (χ0n) is 14.5. The Hall–Kier alpha value is -3.09. The molecule has 0 aliphatic carbocycles. The van der Waals surface area contributed by atoms with E-state index in [-0.39, 0.29) is 6.54 Å². The third-order valence-corrected chi connectivity index (χ3v) is 3.77. The summed E-state index contributed by atoms with van der Waals surface area (Å²) >= 11 is 0. The molecule has 7 nitrogen and oxygen atoms in total. The number of rotatable bonds is 6. The standard InChI is InChI=1S/C18H21N3O4/c1-4-13-10-14(8-7-12(13)2)19-15-11-16(22)21(18(24)20-15)9-5-6-17(23)25-3/h5-8,10-11,19H,4,9H2,1-3H3,(H,20,24). The zero-order chi connectivity index (χ0) is 18.4. The summed E-state index contributed by atoms with van der Waals surface area (Å²) in [6.45, 7) is 4.08. The SMILES string of the molecule is CCc1cc(Nc2cc(=O)n(CC=CC(=O)OC)c(=O)[nH]2)ccc1C. The van der Waals surface area contributed by atoms with Gasteiger partial charge in [0.15, 0.2) is 0 Å². The maximum absolute atomic E-state index is 12.1. The highest BCUT2D eigenvalue weighted by atomic mass is 16.5. The number of nitrogens with zero attached hydrogens (tertiary/aromatic N) is 1. The Labute approximate surface area is 145 Å². The van der Waals surface area contributed by atoms with Crippen molar-refractivity contribution in [2.45, 2.75) is 26.8 Å². The number of H-pyrrole nitrogens is 1. The lowest BCUT2D eigenvalue weighted by molar-refractivity contribution is -0.134. The van der Waals surface area contributed by atoms with Crippen molar-refractivity contribution in [3.63, 3.8) is 0 Å². The molecule has 0 bridgehead atoms. The Morgan fingerprint density at radius 1 is 1.32 bits per heavy atom. The van der Waals surface area contributed by atoms with Crippen molar-refractivity contribution >= 4 is 17.5 Å². The molecule has 1 aromatic heterocycles. The second-order valence-electron chi connectivity index (χ2n) is 5.48. The van der Waals surface area contributed by atoms with Gasteiger partial charge in [0.2, 0.25) is 0 Å². The fourth-order valence-electron chi connectivity index (χ4n) is 2.37. The predicted octanol–water partition coefficient (Wildman–Crippen LogP) is 1.88. The molecule has 1 heterocycles. The third-order valence-electron chi connectivity index (χ3n) is 3.77. The Morgan fingerprint density at radius 3 is 2.72 bits per heavy atom. The number of nitrogens with one attached hydrogen (secondary N) is 2. The Bertz CT molecular complexity index is 878. The van der Waals surface area contributed by atoms with Crippen LogP contribution >= 0.6 is 0 Å². The van der Waals surface area contributed by atoms with Crippen LogP contribution in [0.4, 0.5) is 11.5 Å². The molecule has 0 aliphatic rings. The van der Waals surface area contributed by atoms with Crippen molar-refractivity contribution in [2.24, 2.45) is 0 Å². The number of hydrogen-bond acceptors (Lipinski definition) is 5. The number of anilines is 2. The van der Waals surface area contributed by atoms with Gasteiger partial charge in [-0.2, -0.15) is 0 Å². The second kappa shape index (κ2) is 8.14. The van der Waals surface area contributed by atoms with E-state index >= 15 is 0 Å². The summed E-state index contributed by atoms with van der Waals surface area (Å²) < 4.78 is 5.44. The summed E-state index contributed by atoms with van der Waals surface area (Å²) in [5, 5.41) is 3.04. The van der Waals surface area contributed by atoms with E-state index < -0.39 is 17.2 Å². The highest BCUT2D eigenvalue weighted by molar-refractivity contribution is 5.81. The Balaban J connectivity index is 2.22. The van der Waals surface area contributed by atoms with E-state index in [2.05, 4.69) is 22.0 Å². The van der Waals surface area contributed by atoms with Crippen LogP contribution in [-0.4, -0.2) is 22.6 Å². The van der Waals surface area contributed by atoms with Crippen LogP contribution in [0.15, 0.2) is 46.0 Å². The molecule has 0 fully saturated rings. The molecule has 7 heteroatoms. The molecule has 0 amide bonds. The summed E-state index contributed by atoms with van der Waals surface area (Å²) in [7, 11) is 1.25. The molecule has 0 aliphatic heterocycles. The van der Waals surface area contributed by atoms with Gasteiger partial charge in [-0.1, -0.05) is 19.1 Å². The molecular weight excluding hydrogens is 322 g/mol. The van der Waals surface area contributed by atoms with E-state index in [0.717, 1.165) is 22.8 Å². The van der Waals surface area contributed by atoms with Crippen LogP contribution in [0.25, 0.3) is 0 Å². The average Bonchev–Trinajstić information content (AvgIpc) is 2.58. The first-order valence-corrected chi connectivity index (χ1v) is 7.89. The molecule has 0 unspecified atom stereocenters. The minimum absolute atomic E-state index is 0.0198. The molecule has 2 rings (SSSR count). The van der Waals surface area contributed by atoms with Crippen molar-refractivity contribution < 1.29 is 9.53 Å². The van der Waals surface area contributed by atoms with Gasteiger partial charge in [-0.25, -0.2) is 9.59 Å². The van der Waals surface area contributed by atoms with Crippen molar-refractivity contribution in [1.82, 2.24) is 9.55 Å². The first-order chi connectivity index (χ1) is 11.9. The summed E-state index contributed by atoms with van der Waals surface area (Å²) in [5.41, 5.74) is 2.14. The number of hydrogen-bond donors (Lipinski definition) is 2. The summed E-state index contributed by atoms with van der Waals surface area (Å²) in [4.78, 5) is 37.8. The smallest absolute Gasteiger partial charge is 0.330 e. The maximum Gasteiger partial charge on any atom is 0.330 e. The fraction of sp³-hybridized carbons (Fsp3) is 0.278. The molecule has 25 heavy (non-hydrogen) atoms. The molecule has 0 spiro atoms. The topological polar surface area (TPSA) is 93.2 Å². The summed E-state index contributed by atoms with van der Waals surface area (Å²) in [6.07, 6.45) is 3.45. The summed E-state index contributed by atoms with van der Waals surface area (Å²) in [6, 6.07) is 7.16. The molecule has 2 N–H and O–H groups in total. The average molecular weight is 343 g/mol. The molecule has 132 valence electrons. The van der Waals surface area contributed by atoms with Gasteiger partial charge in [0, 0.05) is 24.4 Å². The first kappa shape index (κ1) is 18.3. The van der Waals surface area contributed by atoms with E-state index in [1.165, 1.54) is 30.4 Å². The Morgan fingerprint density at radius 2 is 2.08 bits per heavy atom. The number of carbonyl (C=O) groups is 1. The monoisotopic (exact) mass is 343 g/mol. The quantitative estimate of drug-likeness (QED) is 0.617.